The fraction of sp³-hybridized carbons (Fsp3) is 0.364. The van der Waals surface area contributed by atoms with Crippen LogP contribution in [0.1, 0.15) is 18.9 Å². The Bertz CT molecular complexity index is 352. The molecule has 0 unspecified atom stereocenters. The number of carbonyl (C=O) groups excluding carboxylic acids is 1. The van der Waals surface area contributed by atoms with Crippen LogP contribution in [0.25, 0.3) is 0 Å². The molecule has 15 heavy (non-hydrogen) atoms. The van der Waals surface area contributed by atoms with E-state index in [4.69, 9.17) is 0 Å². The highest BCUT2D eigenvalue weighted by molar-refractivity contribution is 9.10. The molecule has 0 spiro atoms. The smallest absolute Gasteiger partial charge is 0.319 e. The van der Waals surface area contributed by atoms with Gasteiger partial charge in [-0.05, 0) is 31.0 Å². The van der Waals surface area contributed by atoms with Crippen LogP contribution in [0, 0.1) is 6.92 Å². The van der Waals surface area contributed by atoms with Gasteiger partial charge in [-0.25, -0.2) is 4.79 Å². The lowest BCUT2D eigenvalue weighted by atomic mass is 10.2. The summed E-state index contributed by atoms with van der Waals surface area (Å²) in [4.78, 5) is 11.3. The molecule has 0 aromatic heterocycles. The van der Waals surface area contributed by atoms with E-state index >= 15 is 0 Å². The van der Waals surface area contributed by atoms with Crippen molar-refractivity contribution in [3.05, 3.63) is 28.2 Å². The van der Waals surface area contributed by atoms with Gasteiger partial charge < -0.3 is 10.6 Å². The third-order valence-electron chi connectivity index (χ3n) is 1.97. The molecule has 82 valence electrons. The van der Waals surface area contributed by atoms with E-state index < -0.39 is 0 Å². The Morgan fingerprint density at radius 1 is 1.47 bits per heavy atom. The molecule has 2 N–H and O–H groups in total. The molecule has 1 rings (SSSR count). The Morgan fingerprint density at radius 3 is 2.80 bits per heavy atom. The lowest BCUT2D eigenvalue weighted by Gasteiger charge is -2.07. The molecule has 1 aromatic rings. The van der Waals surface area contributed by atoms with Gasteiger partial charge in [-0.3, -0.25) is 0 Å². The van der Waals surface area contributed by atoms with Gasteiger partial charge in [-0.1, -0.05) is 28.9 Å². The number of rotatable bonds is 3. The Morgan fingerprint density at radius 2 is 2.20 bits per heavy atom. The summed E-state index contributed by atoms with van der Waals surface area (Å²) in [5.74, 6) is 0. The summed E-state index contributed by atoms with van der Waals surface area (Å²) in [5, 5.41) is 5.51. The number of hydrogen-bond acceptors (Lipinski definition) is 1. The van der Waals surface area contributed by atoms with E-state index in [1.54, 1.807) is 0 Å². The number of amides is 2. The number of nitrogens with one attached hydrogen (secondary N) is 2. The highest BCUT2D eigenvalue weighted by Gasteiger charge is 2.01. The molecule has 3 nitrogen and oxygen atoms in total. The number of carbonyl (C=O) groups is 1. The third kappa shape index (κ3) is 3.91. The maximum Gasteiger partial charge on any atom is 0.319 e. The zero-order chi connectivity index (χ0) is 11.3. The predicted octanol–water partition coefficient (Wildman–Crippen LogP) is 3.29. The third-order valence-corrected chi connectivity index (χ3v) is 2.82. The number of hydrogen-bond donors (Lipinski definition) is 2. The van der Waals surface area contributed by atoms with Crippen LogP contribution in [-0.2, 0) is 0 Å². The first kappa shape index (κ1) is 12.0. The van der Waals surface area contributed by atoms with E-state index in [0.29, 0.717) is 6.54 Å². The lowest BCUT2D eigenvalue weighted by molar-refractivity contribution is 0.252. The van der Waals surface area contributed by atoms with Gasteiger partial charge in [-0.15, -0.1) is 0 Å². The standard InChI is InChI=1S/C11H15BrN2O/c1-3-6-13-11(15)14-9-5-4-8(2)10(12)7-9/h4-5,7H,3,6H2,1-2H3,(H2,13,14,15). The van der Waals surface area contributed by atoms with Crippen molar-refractivity contribution in [3.8, 4) is 0 Å². The van der Waals surface area contributed by atoms with Crippen molar-refractivity contribution in [2.24, 2.45) is 0 Å². The van der Waals surface area contributed by atoms with Crippen molar-refractivity contribution in [1.82, 2.24) is 5.32 Å². The first-order valence-corrected chi connectivity index (χ1v) is 5.73. The molecule has 2 amide bonds. The van der Waals surface area contributed by atoms with Crippen molar-refractivity contribution >= 4 is 27.6 Å². The van der Waals surface area contributed by atoms with Crippen molar-refractivity contribution in [2.45, 2.75) is 20.3 Å². The van der Waals surface area contributed by atoms with E-state index in [1.165, 1.54) is 0 Å². The normalized spacial score (nSPS) is 9.80. The Kier molecular flexibility index (Phi) is 4.62. The molecule has 0 radical (unpaired) electrons. The topological polar surface area (TPSA) is 41.1 Å². The molecule has 0 bridgehead atoms. The largest absolute Gasteiger partial charge is 0.338 e. The molecule has 0 aliphatic heterocycles. The summed E-state index contributed by atoms with van der Waals surface area (Å²) in [7, 11) is 0. The average Bonchev–Trinajstić information content (AvgIpc) is 2.20. The molecule has 4 heteroatoms. The van der Waals surface area contributed by atoms with Gasteiger partial charge in [0.15, 0.2) is 0 Å². The minimum absolute atomic E-state index is 0.160. The highest BCUT2D eigenvalue weighted by Crippen LogP contribution is 2.20. The van der Waals surface area contributed by atoms with Crippen LogP contribution in [0.2, 0.25) is 0 Å². The van der Waals surface area contributed by atoms with Crippen LogP contribution in [-0.4, -0.2) is 12.6 Å². The SMILES string of the molecule is CCCNC(=O)Nc1ccc(C)c(Br)c1. The summed E-state index contributed by atoms with van der Waals surface area (Å²) in [6.07, 6.45) is 0.936. The summed E-state index contributed by atoms with van der Waals surface area (Å²) >= 11 is 3.42. The second-order valence-electron chi connectivity index (χ2n) is 3.34. The van der Waals surface area contributed by atoms with Gasteiger partial charge >= 0.3 is 6.03 Å². The molecule has 1 aromatic carbocycles. The van der Waals surface area contributed by atoms with E-state index in [9.17, 15) is 4.79 Å². The van der Waals surface area contributed by atoms with Crippen molar-refractivity contribution in [3.63, 3.8) is 0 Å². The van der Waals surface area contributed by atoms with Crippen LogP contribution in [0.15, 0.2) is 22.7 Å². The summed E-state index contributed by atoms with van der Waals surface area (Å²) in [5.41, 5.74) is 1.94. The minimum Gasteiger partial charge on any atom is -0.338 e. The summed E-state index contributed by atoms with van der Waals surface area (Å²) in [6, 6.07) is 5.57. The van der Waals surface area contributed by atoms with Crippen LogP contribution >= 0.6 is 15.9 Å². The Balaban J connectivity index is 2.57. The average molecular weight is 271 g/mol. The van der Waals surface area contributed by atoms with Gasteiger partial charge in [0.1, 0.15) is 0 Å². The van der Waals surface area contributed by atoms with Gasteiger partial charge in [0.2, 0.25) is 0 Å². The second kappa shape index (κ2) is 5.75. The van der Waals surface area contributed by atoms with Gasteiger partial charge in [-0.2, -0.15) is 0 Å². The van der Waals surface area contributed by atoms with Gasteiger partial charge in [0, 0.05) is 16.7 Å². The van der Waals surface area contributed by atoms with Crippen molar-refractivity contribution in [2.75, 3.05) is 11.9 Å². The predicted molar refractivity (Wildman–Crippen MR) is 66.2 cm³/mol. The van der Waals surface area contributed by atoms with Gasteiger partial charge in [0.25, 0.3) is 0 Å². The second-order valence-corrected chi connectivity index (χ2v) is 4.20. The maximum absolute atomic E-state index is 11.3. The molecular weight excluding hydrogens is 256 g/mol. The monoisotopic (exact) mass is 270 g/mol. The highest BCUT2D eigenvalue weighted by atomic mass is 79.9. The molecule has 0 atom stereocenters. The van der Waals surface area contributed by atoms with E-state index in [-0.39, 0.29) is 6.03 Å². The molecule has 0 fully saturated rings. The number of aryl methyl sites for hydroxylation is 1. The number of benzene rings is 1. The molecule has 0 aliphatic rings. The molecular formula is C11H15BrN2O. The van der Waals surface area contributed by atoms with Crippen molar-refractivity contribution < 1.29 is 4.79 Å². The zero-order valence-electron chi connectivity index (χ0n) is 8.93. The molecule has 0 aliphatic carbocycles. The number of urea groups is 1. The Labute approximate surface area is 98.4 Å². The number of halogens is 1. The molecule has 0 saturated heterocycles. The van der Waals surface area contributed by atoms with Crippen molar-refractivity contribution in [1.29, 1.82) is 0 Å². The van der Waals surface area contributed by atoms with Crippen LogP contribution in [0.4, 0.5) is 10.5 Å². The minimum atomic E-state index is -0.160. The van der Waals surface area contributed by atoms with Crippen LogP contribution in [0.5, 0.6) is 0 Å². The molecule has 0 heterocycles. The first-order valence-electron chi connectivity index (χ1n) is 4.94. The maximum atomic E-state index is 11.3. The summed E-state index contributed by atoms with van der Waals surface area (Å²) in [6.45, 7) is 4.71. The lowest BCUT2D eigenvalue weighted by Crippen LogP contribution is -2.29. The van der Waals surface area contributed by atoms with Gasteiger partial charge in [0.05, 0.1) is 0 Å². The first-order chi connectivity index (χ1) is 7.13. The quantitative estimate of drug-likeness (QED) is 0.870. The van der Waals surface area contributed by atoms with E-state index in [0.717, 1.165) is 22.1 Å². The zero-order valence-corrected chi connectivity index (χ0v) is 10.5. The summed E-state index contributed by atoms with van der Waals surface area (Å²) < 4.78 is 0.996. The fourth-order valence-electron chi connectivity index (χ4n) is 1.08. The van der Waals surface area contributed by atoms with Crippen LogP contribution in [0.3, 0.4) is 0 Å². The number of anilines is 1. The Hall–Kier alpha value is -1.03. The van der Waals surface area contributed by atoms with E-state index in [1.807, 2.05) is 32.0 Å². The molecule has 0 saturated carbocycles. The van der Waals surface area contributed by atoms with Crippen LogP contribution < -0.4 is 10.6 Å². The van der Waals surface area contributed by atoms with E-state index in [2.05, 4.69) is 26.6 Å². The fourth-order valence-corrected chi connectivity index (χ4v) is 1.46.